The highest BCUT2D eigenvalue weighted by Gasteiger charge is 2.56. The van der Waals surface area contributed by atoms with Crippen LogP contribution in [-0.2, 0) is 19.1 Å². The Hall–Kier alpha value is -1.14. The van der Waals surface area contributed by atoms with Gasteiger partial charge in [0.15, 0.2) is 0 Å². The SMILES string of the molecule is CC(CC1(C(=O)[O-])CCC2OC2C1)C1(C(=O)[O-])CCC2OC2C1. The summed E-state index contributed by atoms with van der Waals surface area (Å²) in [6.07, 6.45) is 4.04. The maximum absolute atomic E-state index is 11.9. The Balaban J connectivity index is 1.55. The van der Waals surface area contributed by atoms with Crippen molar-refractivity contribution in [2.75, 3.05) is 0 Å². The summed E-state index contributed by atoms with van der Waals surface area (Å²) < 4.78 is 10.9. The summed E-state index contributed by atoms with van der Waals surface area (Å²) in [6.45, 7) is 1.85. The van der Waals surface area contributed by atoms with Crippen LogP contribution >= 0.6 is 0 Å². The first kappa shape index (κ1) is 15.4. The van der Waals surface area contributed by atoms with Crippen molar-refractivity contribution in [1.82, 2.24) is 0 Å². The molecule has 4 rings (SSSR count). The number of carbonyl (C=O) groups is 2. The minimum absolute atomic E-state index is 0.00510. The Bertz CT molecular complexity index is 547. The lowest BCUT2D eigenvalue weighted by molar-refractivity contribution is -0.329. The smallest absolute Gasteiger partial charge is 0.0850 e. The van der Waals surface area contributed by atoms with E-state index in [-0.39, 0.29) is 30.3 Å². The van der Waals surface area contributed by atoms with Gasteiger partial charge in [0.05, 0.1) is 24.4 Å². The number of ether oxygens (including phenoxy) is 2. The van der Waals surface area contributed by atoms with Crippen LogP contribution in [0.3, 0.4) is 0 Å². The molecule has 0 aromatic heterocycles. The van der Waals surface area contributed by atoms with Gasteiger partial charge in [-0.15, -0.1) is 0 Å². The third-order valence-electron chi connectivity index (χ3n) is 6.79. The highest BCUT2D eigenvalue weighted by molar-refractivity contribution is 5.75. The number of carbonyl (C=O) groups excluding carboxylic acids is 2. The van der Waals surface area contributed by atoms with Crippen molar-refractivity contribution in [2.45, 2.75) is 76.3 Å². The van der Waals surface area contributed by atoms with Crippen molar-refractivity contribution in [2.24, 2.45) is 16.7 Å². The monoisotopic (exact) mass is 322 g/mol. The Kier molecular flexibility index (Phi) is 3.30. The Morgan fingerprint density at radius 3 is 2.13 bits per heavy atom. The van der Waals surface area contributed by atoms with Crippen molar-refractivity contribution in [3.63, 3.8) is 0 Å². The van der Waals surface area contributed by atoms with Gasteiger partial charge < -0.3 is 29.3 Å². The summed E-state index contributed by atoms with van der Waals surface area (Å²) >= 11 is 0. The molecule has 4 aliphatic rings. The van der Waals surface area contributed by atoms with E-state index in [1.807, 2.05) is 6.92 Å². The molecule has 7 unspecified atom stereocenters. The van der Waals surface area contributed by atoms with Gasteiger partial charge in [-0.05, 0) is 50.9 Å². The minimum atomic E-state index is -1.07. The molecular formula is C17H22O6-2. The van der Waals surface area contributed by atoms with Crippen LogP contribution in [-0.4, -0.2) is 36.4 Å². The van der Waals surface area contributed by atoms with Crippen LogP contribution in [0.1, 0.15) is 51.9 Å². The molecule has 2 heterocycles. The second-order valence-electron chi connectivity index (χ2n) is 8.03. The van der Waals surface area contributed by atoms with E-state index in [1.165, 1.54) is 0 Å². The van der Waals surface area contributed by atoms with Gasteiger partial charge in [-0.3, -0.25) is 0 Å². The third-order valence-corrected chi connectivity index (χ3v) is 6.79. The molecule has 2 aliphatic heterocycles. The van der Waals surface area contributed by atoms with Gasteiger partial charge in [0.1, 0.15) is 0 Å². The zero-order valence-electron chi connectivity index (χ0n) is 13.3. The molecular weight excluding hydrogens is 300 g/mol. The molecule has 2 saturated heterocycles. The molecule has 0 spiro atoms. The van der Waals surface area contributed by atoms with Gasteiger partial charge in [-0.1, -0.05) is 6.92 Å². The zero-order chi connectivity index (χ0) is 16.4. The predicted molar refractivity (Wildman–Crippen MR) is 73.7 cm³/mol. The molecule has 2 saturated carbocycles. The van der Waals surface area contributed by atoms with Gasteiger partial charge >= 0.3 is 0 Å². The summed E-state index contributed by atoms with van der Waals surface area (Å²) in [7, 11) is 0. The van der Waals surface area contributed by atoms with E-state index in [0.29, 0.717) is 32.1 Å². The van der Waals surface area contributed by atoms with Crippen molar-refractivity contribution >= 4 is 11.9 Å². The molecule has 0 N–H and O–H groups in total. The van der Waals surface area contributed by atoms with Gasteiger partial charge in [0.2, 0.25) is 0 Å². The number of hydrogen-bond acceptors (Lipinski definition) is 6. The number of carboxylic acid groups (broad SMARTS) is 2. The average Bonchev–Trinajstić information content (AvgIpc) is 3.39. The average molecular weight is 322 g/mol. The first-order valence-electron chi connectivity index (χ1n) is 8.60. The molecule has 0 amide bonds. The molecule has 2 aliphatic carbocycles. The van der Waals surface area contributed by atoms with Crippen molar-refractivity contribution in [3.8, 4) is 0 Å². The summed E-state index contributed by atoms with van der Waals surface area (Å²) in [5.41, 5.74) is -1.96. The Morgan fingerprint density at radius 2 is 1.61 bits per heavy atom. The number of rotatable bonds is 5. The van der Waals surface area contributed by atoms with Gasteiger partial charge in [0, 0.05) is 22.8 Å². The molecule has 4 fully saturated rings. The predicted octanol–water partition coefficient (Wildman–Crippen LogP) is -0.612. The van der Waals surface area contributed by atoms with Crippen molar-refractivity contribution in [3.05, 3.63) is 0 Å². The first-order valence-corrected chi connectivity index (χ1v) is 8.60. The van der Waals surface area contributed by atoms with E-state index in [9.17, 15) is 19.8 Å². The van der Waals surface area contributed by atoms with Crippen LogP contribution in [0.2, 0.25) is 0 Å². The summed E-state index contributed by atoms with van der Waals surface area (Å²) in [5, 5.41) is 23.8. The lowest BCUT2D eigenvalue weighted by Gasteiger charge is -2.47. The minimum Gasteiger partial charge on any atom is -0.550 e. The molecule has 0 bridgehead atoms. The number of fused-ring (bicyclic) bond motifs is 2. The first-order chi connectivity index (χ1) is 10.9. The lowest BCUT2D eigenvalue weighted by Crippen LogP contribution is -2.53. The van der Waals surface area contributed by atoms with Gasteiger partial charge in [0.25, 0.3) is 0 Å². The summed E-state index contributed by atoms with van der Waals surface area (Å²) in [6, 6.07) is 0. The number of aliphatic carboxylic acids is 2. The number of hydrogen-bond donors (Lipinski definition) is 0. The topological polar surface area (TPSA) is 105 Å². The van der Waals surface area contributed by atoms with E-state index >= 15 is 0 Å². The van der Waals surface area contributed by atoms with E-state index < -0.39 is 22.8 Å². The maximum Gasteiger partial charge on any atom is 0.0850 e. The molecule has 0 radical (unpaired) electrons. The van der Waals surface area contributed by atoms with Crippen LogP contribution in [0, 0.1) is 16.7 Å². The van der Waals surface area contributed by atoms with Crippen LogP contribution < -0.4 is 10.2 Å². The van der Waals surface area contributed by atoms with E-state index in [0.717, 1.165) is 12.8 Å². The van der Waals surface area contributed by atoms with E-state index in [1.54, 1.807) is 0 Å². The number of epoxide rings is 2. The molecule has 7 atom stereocenters. The molecule has 128 valence electrons. The second-order valence-corrected chi connectivity index (χ2v) is 8.03. The summed E-state index contributed by atoms with van der Waals surface area (Å²) in [4.78, 5) is 23.8. The maximum atomic E-state index is 11.9. The molecule has 0 aromatic rings. The van der Waals surface area contributed by atoms with Gasteiger partial charge in [-0.2, -0.15) is 0 Å². The van der Waals surface area contributed by atoms with E-state index in [4.69, 9.17) is 9.47 Å². The zero-order valence-corrected chi connectivity index (χ0v) is 13.3. The Labute approximate surface area is 135 Å². The van der Waals surface area contributed by atoms with Crippen molar-refractivity contribution < 1.29 is 29.3 Å². The molecule has 23 heavy (non-hydrogen) atoms. The highest BCUT2D eigenvalue weighted by Crippen LogP contribution is 2.55. The van der Waals surface area contributed by atoms with Gasteiger partial charge in [-0.25, -0.2) is 0 Å². The lowest BCUT2D eigenvalue weighted by atomic mass is 9.59. The van der Waals surface area contributed by atoms with E-state index in [2.05, 4.69) is 0 Å². The fourth-order valence-electron chi connectivity index (χ4n) is 5.06. The van der Waals surface area contributed by atoms with Crippen LogP contribution in [0.25, 0.3) is 0 Å². The Morgan fingerprint density at radius 1 is 1.00 bits per heavy atom. The largest absolute Gasteiger partial charge is 0.550 e. The fraction of sp³-hybridized carbons (Fsp3) is 0.882. The highest BCUT2D eigenvalue weighted by atomic mass is 16.6. The van der Waals surface area contributed by atoms with Crippen molar-refractivity contribution in [1.29, 1.82) is 0 Å². The third kappa shape index (κ3) is 2.38. The standard InChI is InChI=1S/C17H24O6/c1-9(17(15(20)21)5-3-11-13(8-17)23-11)6-16(14(18)19)4-2-10-12(7-16)22-10/h9-13H,2-8H2,1H3,(H,18,19)(H,20,21)/p-2. The molecule has 6 nitrogen and oxygen atoms in total. The normalized spacial score (nSPS) is 48.7. The quantitative estimate of drug-likeness (QED) is 0.625. The van der Waals surface area contributed by atoms with Crippen LogP contribution in [0.5, 0.6) is 0 Å². The molecule has 0 aromatic carbocycles. The summed E-state index contributed by atoms with van der Waals surface area (Å²) in [5.74, 6) is -2.42. The van der Waals surface area contributed by atoms with Crippen LogP contribution in [0.4, 0.5) is 0 Å². The fourth-order valence-corrected chi connectivity index (χ4v) is 5.06. The second kappa shape index (κ2) is 4.93. The molecule has 6 heteroatoms. The van der Waals surface area contributed by atoms with Crippen LogP contribution in [0.15, 0.2) is 0 Å². The number of carboxylic acids is 2.